The van der Waals surface area contributed by atoms with Crippen LogP contribution in [0.5, 0.6) is 5.75 Å². The van der Waals surface area contributed by atoms with Crippen molar-refractivity contribution < 1.29 is 14.3 Å². The van der Waals surface area contributed by atoms with Gasteiger partial charge in [-0.1, -0.05) is 41.9 Å². The molecule has 172 valence electrons. The molecular weight excluding hydrogens is 454 g/mol. The molecule has 34 heavy (non-hydrogen) atoms. The molecule has 0 saturated carbocycles. The van der Waals surface area contributed by atoms with Crippen LogP contribution in [-0.2, 0) is 11.3 Å². The van der Waals surface area contributed by atoms with Crippen LogP contribution in [0.25, 0.3) is 11.0 Å². The first kappa shape index (κ1) is 23.2. The summed E-state index contributed by atoms with van der Waals surface area (Å²) in [5.41, 5.74) is 2.17. The molecular formula is C26H22ClN3O4. The highest BCUT2D eigenvalue weighted by molar-refractivity contribution is 6.31. The number of ether oxygens (including phenoxy) is 1. The number of methoxy groups -OCH3 is 1. The zero-order chi connectivity index (χ0) is 24.4. The van der Waals surface area contributed by atoms with E-state index >= 15 is 0 Å². The van der Waals surface area contributed by atoms with Crippen molar-refractivity contribution in [2.45, 2.75) is 20.4 Å². The van der Waals surface area contributed by atoms with Crippen molar-refractivity contribution in [2.24, 2.45) is 0 Å². The summed E-state index contributed by atoms with van der Waals surface area (Å²) in [6, 6.07) is 15.2. The van der Waals surface area contributed by atoms with Gasteiger partial charge in [0.05, 0.1) is 23.7 Å². The van der Waals surface area contributed by atoms with Gasteiger partial charge >= 0.3 is 0 Å². The molecule has 0 aliphatic heterocycles. The Balaban J connectivity index is 1.76. The van der Waals surface area contributed by atoms with Crippen LogP contribution in [0.3, 0.4) is 0 Å². The van der Waals surface area contributed by atoms with E-state index in [0.29, 0.717) is 33.4 Å². The summed E-state index contributed by atoms with van der Waals surface area (Å²) < 4.78 is 6.85. The van der Waals surface area contributed by atoms with Crippen molar-refractivity contribution in [1.29, 1.82) is 0 Å². The number of carbonyl (C=O) groups is 2. The van der Waals surface area contributed by atoms with Gasteiger partial charge in [0.2, 0.25) is 11.3 Å². The molecule has 4 aromatic rings. The molecule has 0 unspecified atom stereocenters. The average Bonchev–Trinajstić information content (AvgIpc) is 2.83. The van der Waals surface area contributed by atoms with Crippen LogP contribution in [0.2, 0.25) is 5.02 Å². The highest BCUT2D eigenvalue weighted by atomic mass is 35.5. The van der Waals surface area contributed by atoms with Crippen molar-refractivity contribution in [3.05, 3.63) is 98.4 Å². The fourth-order valence-corrected chi connectivity index (χ4v) is 3.82. The topological polar surface area (TPSA) is 90.3 Å². The Morgan fingerprint density at radius 2 is 1.82 bits per heavy atom. The Morgan fingerprint density at radius 3 is 2.53 bits per heavy atom. The number of aryl methyl sites for hydroxylation is 2. The standard InChI is InChI=1S/C26H22ClN3O4/c1-15-11-21(22(34-3)12-20(15)27)29-23(31)14-30-13-19(24(32)17-7-5-4-6-8-17)25(33)18-10-9-16(2)28-26(18)30/h4-13H,14H2,1-3H3,(H,29,31). The summed E-state index contributed by atoms with van der Waals surface area (Å²) in [7, 11) is 1.49. The average molecular weight is 476 g/mol. The van der Waals surface area contributed by atoms with Crippen LogP contribution < -0.4 is 15.5 Å². The second-order valence-corrected chi connectivity index (χ2v) is 8.28. The number of fused-ring (bicyclic) bond motifs is 1. The second-order valence-electron chi connectivity index (χ2n) is 7.87. The first-order chi connectivity index (χ1) is 16.3. The molecule has 1 N–H and O–H groups in total. The Bertz CT molecular complexity index is 1480. The molecule has 0 fully saturated rings. The van der Waals surface area contributed by atoms with Gasteiger partial charge in [-0.15, -0.1) is 0 Å². The van der Waals surface area contributed by atoms with Gasteiger partial charge in [0.15, 0.2) is 5.78 Å². The Hall–Kier alpha value is -3.97. The third-order valence-electron chi connectivity index (χ3n) is 5.41. The number of halogens is 1. The molecule has 8 heteroatoms. The third kappa shape index (κ3) is 4.56. The van der Waals surface area contributed by atoms with Gasteiger partial charge in [-0.3, -0.25) is 14.4 Å². The van der Waals surface area contributed by atoms with Gasteiger partial charge in [0.1, 0.15) is 17.9 Å². The van der Waals surface area contributed by atoms with E-state index < -0.39 is 11.2 Å². The van der Waals surface area contributed by atoms with E-state index in [-0.39, 0.29) is 23.4 Å². The predicted molar refractivity (Wildman–Crippen MR) is 132 cm³/mol. The fourth-order valence-electron chi connectivity index (χ4n) is 3.66. The number of hydrogen-bond acceptors (Lipinski definition) is 5. The SMILES string of the molecule is COc1cc(Cl)c(C)cc1NC(=O)Cn1cc(C(=O)c2ccccc2)c(=O)c2ccc(C)nc21. The van der Waals surface area contributed by atoms with Gasteiger partial charge in [0.25, 0.3) is 0 Å². The molecule has 7 nitrogen and oxygen atoms in total. The Morgan fingerprint density at radius 1 is 1.09 bits per heavy atom. The van der Waals surface area contributed by atoms with E-state index in [1.54, 1.807) is 61.5 Å². The quantitative estimate of drug-likeness (QED) is 0.413. The summed E-state index contributed by atoms with van der Waals surface area (Å²) in [6.07, 6.45) is 1.40. The molecule has 0 spiro atoms. The highest BCUT2D eigenvalue weighted by Crippen LogP contribution is 2.31. The monoisotopic (exact) mass is 475 g/mol. The lowest BCUT2D eigenvalue weighted by Gasteiger charge is -2.15. The number of pyridine rings is 2. The van der Waals surface area contributed by atoms with Gasteiger partial charge in [-0.05, 0) is 37.6 Å². The molecule has 2 heterocycles. The minimum Gasteiger partial charge on any atom is -0.495 e. The maximum absolute atomic E-state index is 13.1. The first-order valence-corrected chi connectivity index (χ1v) is 10.9. The molecule has 2 aromatic heterocycles. The van der Waals surface area contributed by atoms with E-state index in [2.05, 4.69) is 10.3 Å². The number of nitrogens with zero attached hydrogens (tertiary/aromatic N) is 2. The Kier molecular flexibility index (Phi) is 6.47. The van der Waals surface area contributed by atoms with Crippen molar-refractivity contribution >= 4 is 40.0 Å². The molecule has 0 radical (unpaired) electrons. The molecule has 2 aromatic carbocycles. The van der Waals surface area contributed by atoms with E-state index in [1.165, 1.54) is 17.9 Å². The number of ketones is 1. The number of rotatable bonds is 6. The van der Waals surface area contributed by atoms with E-state index in [1.807, 2.05) is 6.92 Å². The first-order valence-electron chi connectivity index (χ1n) is 10.5. The van der Waals surface area contributed by atoms with E-state index in [4.69, 9.17) is 16.3 Å². The highest BCUT2D eigenvalue weighted by Gasteiger charge is 2.19. The van der Waals surface area contributed by atoms with Gasteiger partial charge < -0.3 is 14.6 Å². The van der Waals surface area contributed by atoms with Crippen LogP contribution in [0.4, 0.5) is 5.69 Å². The van der Waals surface area contributed by atoms with Crippen molar-refractivity contribution in [2.75, 3.05) is 12.4 Å². The van der Waals surface area contributed by atoms with Crippen LogP contribution >= 0.6 is 11.6 Å². The number of amides is 1. The summed E-state index contributed by atoms with van der Waals surface area (Å²) in [5.74, 6) is -0.383. The van der Waals surface area contributed by atoms with E-state index in [0.717, 1.165) is 5.56 Å². The summed E-state index contributed by atoms with van der Waals surface area (Å²) in [5, 5.41) is 3.60. The van der Waals surface area contributed by atoms with Gasteiger partial charge in [0, 0.05) is 28.5 Å². The number of nitrogens with one attached hydrogen (secondary N) is 1. The summed E-state index contributed by atoms with van der Waals surface area (Å²) in [6.45, 7) is 3.44. The normalized spacial score (nSPS) is 10.8. The predicted octanol–water partition coefficient (Wildman–Crippen LogP) is 4.55. The molecule has 0 aliphatic carbocycles. The number of aromatic nitrogens is 2. The largest absolute Gasteiger partial charge is 0.495 e. The van der Waals surface area contributed by atoms with Crippen LogP contribution in [-0.4, -0.2) is 28.4 Å². The maximum Gasteiger partial charge on any atom is 0.244 e. The molecule has 1 amide bonds. The van der Waals surface area contributed by atoms with Crippen LogP contribution in [0.15, 0.2) is 65.6 Å². The van der Waals surface area contributed by atoms with Crippen LogP contribution in [0.1, 0.15) is 27.2 Å². The smallest absolute Gasteiger partial charge is 0.244 e. The number of anilines is 1. The third-order valence-corrected chi connectivity index (χ3v) is 5.82. The number of benzene rings is 2. The summed E-state index contributed by atoms with van der Waals surface area (Å²) in [4.78, 5) is 43.7. The van der Waals surface area contributed by atoms with Crippen molar-refractivity contribution in [1.82, 2.24) is 9.55 Å². The van der Waals surface area contributed by atoms with Crippen LogP contribution in [0, 0.1) is 13.8 Å². The minimum atomic E-state index is -0.428. The maximum atomic E-state index is 13.1. The minimum absolute atomic E-state index is 0.0305. The Labute approximate surface area is 201 Å². The molecule has 0 saturated heterocycles. The lowest BCUT2D eigenvalue weighted by atomic mass is 10.0. The lowest BCUT2D eigenvalue weighted by molar-refractivity contribution is -0.116. The number of carbonyl (C=O) groups excluding carboxylic acids is 2. The van der Waals surface area contributed by atoms with Gasteiger partial charge in [-0.25, -0.2) is 4.98 Å². The zero-order valence-corrected chi connectivity index (χ0v) is 19.6. The second kappa shape index (κ2) is 9.49. The van der Waals surface area contributed by atoms with E-state index in [9.17, 15) is 14.4 Å². The van der Waals surface area contributed by atoms with Crippen molar-refractivity contribution in [3.8, 4) is 5.75 Å². The van der Waals surface area contributed by atoms with Gasteiger partial charge in [-0.2, -0.15) is 0 Å². The number of hydrogen-bond donors (Lipinski definition) is 1. The zero-order valence-electron chi connectivity index (χ0n) is 18.9. The molecule has 0 aliphatic rings. The summed E-state index contributed by atoms with van der Waals surface area (Å²) >= 11 is 6.16. The van der Waals surface area contributed by atoms with Crippen molar-refractivity contribution in [3.63, 3.8) is 0 Å². The fraction of sp³-hybridized carbons (Fsp3) is 0.154. The molecule has 0 bridgehead atoms. The molecule has 4 rings (SSSR count). The molecule has 0 atom stereocenters. The lowest BCUT2D eigenvalue weighted by Crippen LogP contribution is -2.25.